The first-order valence-corrected chi connectivity index (χ1v) is 9.82. The van der Waals surface area contributed by atoms with Crippen LogP contribution in [0, 0.1) is 0 Å². The number of H-pyrrole nitrogens is 1. The minimum absolute atomic E-state index is 1.03. The number of benzene rings is 4. The van der Waals surface area contributed by atoms with E-state index in [-0.39, 0.29) is 0 Å². The SMILES string of the molecule is C1=Nc2ccccc2C1=C(c1cccc2ccccc12)c1c[nH]c2ccccc12. The Bertz CT molecular complexity index is 1440. The Labute approximate surface area is 168 Å². The van der Waals surface area contributed by atoms with Gasteiger partial charge in [0, 0.05) is 45.6 Å². The van der Waals surface area contributed by atoms with Crippen molar-refractivity contribution in [3.63, 3.8) is 0 Å². The van der Waals surface area contributed by atoms with Crippen LogP contribution in [0.2, 0.25) is 0 Å². The Balaban J connectivity index is 1.76. The summed E-state index contributed by atoms with van der Waals surface area (Å²) in [5.41, 5.74) is 8.17. The molecule has 1 aromatic heterocycles. The maximum atomic E-state index is 4.70. The summed E-state index contributed by atoms with van der Waals surface area (Å²) in [6.45, 7) is 0. The average molecular weight is 370 g/mol. The van der Waals surface area contributed by atoms with Gasteiger partial charge in [0.15, 0.2) is 0 Å². The highest BCUT2D eigenvalue weighted by Gasteiger charge is 2.21. The smallest absolute Gasteiger partial charge is 0.0709 e. The van der Waals surface area contributed by atoms with E-state index < -0.39 is 0 Å². The van der Waals surface area contributed by atoms with Crippen molar-refractivity contribution in [1.29, 1.82) is 0 Å². The zero-order valence-electron chi connectivity index (χ0n) is 15.8. The molecule has 1 aliphatic rings. The lowest BCUT2D eigenvalue weighted by molar-refractivity contribution is 1.46. The number of hydrogen-bond donors (Lipinski definition) is 1. The van der Waals surface area contributed by atoms with Gasteiger partial charge in [0.25, 0.3) is 0 Å². The molecule has 0 unspecified atom stereocenters. The first kappa shape index (κ1) is 16.1. The fourth-order valence-electron chi connectivity index (χ4n) is 4.37. The van der Waals surface area contributed by atoms with Gasteiger partial charge in [-0.25, -0.2) is 0 Å². The number of fused-ring (bicyclic) bond motifs is 3. The van der Waals surface area contributed by atoms with Gasteiger partial charge in [-0.2, -0.15) is 0 Å². The van der Waals surface area contributed by atoms with Crippen LogP contribution in [0.1, 0.15) is 16.7 Å². The number of aliphatic imine (C=N–C) groups is 1. The second kappa shape index (κ2) is 6.32. The second-order valence-electron chi connectivity index (χ2n) is 7.34. The maximum Gasteiger partial charge on any atom is 0.0709 e. The number of rotatable bonds is 2. The number of nitrogens with one attached hydrogen (secondary N) is 1. The standard InChI is InChI=1S/C27H18N2/c1-2-10-19-18(8-1)9-7-13-22(19)27(23-16-28-25-14-5-3-11-20(23)25)24-17-29-26-15-6-4-12-21(24)26/h1-17,28H. The highest BCUT2D eigenvalue weighted by molar-refractivity contribution is 6.29. The lowest BCUT2D eigenvalue weighted by Gasteiger charge is -2.14. The minimum atomic E-state index is 1.03. The molecule has 5 aromatic rings. The number of nitrogens with zero attached hydrogens (tertiary/aromatic N) is 1. The van der Waals surface area contributed by atoms with Gasteiger partial charge in [0.05, 0.1) is 5.69 Å². The molecule has 0 saturated heterocycles. The highest BCUT2D eigenvalue weighted by atomic mass is 14.8. The van der Waals surface area contributed by atoms with E-state index >= 15 is 0 Å². The lowest BCUT2D eigenvalue weighted by atomic mass is 9.87. The molecule has 0 bridgehead atoms. The molecule has 0 amide bonds. The Kier molecular flexibility index (Phi) is 3.50. The molecule has 2 nitrogen and oxygen atoms in total. The fraction of sp³-hybridized carbons (Fsp3) is 0. The summed E-state index contributed by atoms with van der Waals surface area (Å²) < 4.78 is 0. The van der Waals surface area contributed by atoms with Gasteiger partial charge < -0.3 is 4.98 Å². The van der Waals surface area contributed by atoms with E-state index in [9.17, 15) is 0 Å². The third-order valence-electron chi connectivity index (χ3n) is 5.71. The molecule has 136 valence electrons. The monoisotopic (exact) mass is 370 g/mol. The van der Waals surface area contributed by atoms with E-state index in [2.05, 4.69) is 96.1 Å². The Morgan fingerprint density at radius 2 is 1.41 bits per heavy atom. The van der Waals surface area contributed by atoms with Crippen LogP contribution in [0.3, 0.4) is 0 Å². The van der Waals surface area contributed by atoms with E-state index in [0.29, 0.717) is 0 Å². The van der Waals surface area contributed by atoms with Gasteiger partial charge in [-0.15, -0.1) is 0 Å². The zero-order valence-corrected chi connectivity index (χ0v) is 15.8. The second-order valence-corrected chi connectivity index (χ2v) is 7.34. The largest absolute Gasteiger partial charge is 0.361 e. The predicted molar refractivity (Wildman–Crippen MR) is 123 cm³/mol. The van der Waals surface area contributed by atoms with E-state index in [4.69, 9.17) is 4.99 Å². The molecule has 1 aliphatic heterocycles. The summed E-state index contributed by atoms with van der Waals surface area (Å²) in [5.74, 6) is 0. The molecule has 0 saturated carbocycles. The third kappa shape index (κ3) is 2.46. The van der Waals surface area contributed by atoms with Crippen molar-refractivity contribution >= 4 is 44.7 Å². The maximum absolute atomic E-state index is 4.70. The Hall–Kier alpha value is -3.91. The van der Waals surface area contributed by atoms with Gasteiger partial charge in [-0.1, -0.05) is 78.9 Å². The van der Waals surface area contributed by atoms with Gasteiger partial charge >= 0.3 is 0 Å². The van der Waals surface area contributed by atoms with Gasteiger partial charge in [0.2, 0.25) is 0 Å². The molecule has 2 heterocycles. The summed E-state index contributed by atoms with van der Waals surface area (Å²) >= 11 is 0. The van der Waals surface area contributed by atoms with Crippen molar-refractivity contribution in [2.75, 3.05) is 0 Å². The summed E-state index contributed by atoms with van der Waals surface area (Å²) in [5, 5.41) is 3.72. The zero-order chi connectivity index (χ0) is 19.2. The van der Waals surface area contributed by atoms with Crippen LogP contribution in [0.5, 0.6) is 0 Å². The molecule has 0 aliphatic carbocycles. The number of allylic oxidation sites excluding steroid dienone is 1. The normalized spacial score (nSPS) is 14.5. The van der Waals surface area contributed by atoms with Crippen molar-refractivity contribution in [3.05, 3.63) is 114 Å². The van der Waals surface area contributed by atoms with Crippen LogP contribution < -0.4 is 0 Å². The predicted octanol–water partition coefficient (Wildman–Crippen LogP) is 7.00. The molecule has 4 aromatic carbocycles. The summed E-state index contributed by atoms with van der Waals surface area (Å²) in [6.07, 6.45) is 4.15. The Morgan fingerprint density at radius 1 is 0.655 bits per heavy atom. The van der Waals surface area contributed by atoms with Gasteiger partial charge in [-0.3, -0.25) is 4.99 Å². The lowest BCUT2D eigenvalue weighted by Crippen LogP contribution is -1.95. The topological polar surface area (TPSA) is 28.1 Å². The van der Waals surface area contributed by atoms with Crippen molar-refractivity contribution in [3.8, 4) is 0 Å². The highest BCUT2D eigenvalue weighted by Crippen LogP contribution is 2.42. The van der Waals surface area contributed by atoms with Gasteiger partial charge in [-0.05, 0) is 28.5 Å². The van der Waals surface area contributed by atoms with E-state index in [1.54, 1.807) is 0 Å². The third-order valence-corrected chi connectivity index (χ3v) is 5.71. The van der Waals surface area contributed by atoms with Crippen LogP contribution in [-0.4, -0.2) is 11.2 Å². The van der Waals surface area contributed by atoms with Crippen LogP contribution >= 0.6 is 0 Å². The number of hydrogen-bond acceptors (Lipinski definition) is 1. The van der Waals surface area contributed by atoms with E-state index in [1.165, 1.54) is 44.0 Å². The molecule has 1 N–H and O–H groups in total. The molecule has 0 fully saturated rings. The minimum Gasteiger partial charge on any atom is -0.361 e. The van der Waals surface area contributed by atoms with Crippen molar-refractivity contribution in [1.82, 2.24) is 4.98 Å². The van der Waals surface area contributed by atoms with Crippen molar-refractivity contribution < 1.29 is 0 Å². The van der Waals surface area contributed by atoms with Crippen LogP contribution in [0.4, 0.5) is 5.69 Å². The van der Waals surface area contributed by atoms with E-state index in [0.717, 1.165) is 11.2 Å². The molecule has 2 heteroatoms. The first-order valence-electron chi connectivity index (χ1n) is 9.82. The molecule has 0 radical (unpaired) electrons. The van der Waals surface area contributed by atoms with Crippen molar-refractivity contribution in [2.24, 2.45) is 4.99 Å². The average Bonchev–Trinajstić information content (AvgIpc) is 3.40. The Morgan fingerprint density at radius 3 is 2.38 bits per heavy atom. The van der Waals surface area contributed by atoms with Crippen LogP contribution in [0.25, 0.3) is 32.8 Å². The van der Waals surface area contributed by atoms with Crippen LogP contribution in [-0.2, 0) is 0 Å². The summed E-state index contributed by atoms with van der Waals surface area (Å²) in [7, 11) is 0. The van der Waals surface area contributed by atoms with Crippen LogP contribution in [0.15, 0.2) is 102 Å². The fourth-order valence-corrected chi connectivity index (χ4v) is 4.37. The summed E-state index contributed by atoms with van der Waals surface area (Å²) in [6, 6.07) is 32.0. The molecular formula is C27H18N2. The summed E-state index contributed by atoms with van der Waals surface area (Å²) in [4.78, 5) is 8.16. The van der Waals surface area contributed by atoms with Gasteiger partial charge in [0.1, 0.15) is 0 Å². The van der Waals surface area contributed by atoms with Crippen molar-refractivity contribution in [2.45, 2.75) is 0 Å². The molecule has 0 atom stereocenters. The van der Waals surface area contributed by atoms with E-state index in [1.807, 2.05) is 12.3 Å². The molecule has 0 spiro atoms. The number of aromatic nitrogens is 1. The molecular weight excluding hydrogens is 352 g/mol. The first-order chi connectivity index (χ1) is 14.4. The number of aromatic amines is 1. The number of para-hydroxylation sites is 2. The molecule has 6 rings (SSSR count). The quantitative estimate of drug-likeness (QED) is 0.347. The molecule has 29 heavy (non-hydrogen) atoms.